The maximum absolute atomic E-state index is 13.5. The van der Waals surface area contributed by atoms with Gasteiger partial charge in [0.15, 0.2) is 0 Å². The topological polar surface area (TPSA) is 129 Å². The van der Waals surface area contributed by atoms with Crippen LogP contribution in [0.2, 0.25) is 0 Å². The largest absolute Gasteiger partial charge is 0.443 e. The van der Waals surface area contributed by atoms with Crippen LogP contribution in [-0.2, 0) is 17.8 Å². The van der Waals surface area contributed by atoms with Crippen molar-refractivity contribution in [2.24, 2.45) is 5.73 Å². The molecule has 14 heteroatoms. The minimum Gasteiger partial charge on any atom is -0.443 e. The number of aryl methyl sites for hydroxylation is 2. The highest BCUT2D eigenvalue weighted by molar-refractivity contribution is 7.18. The number of primary amides is 1. The highest BCUT2D eigenvalue weighted by atomic mass is 32.1. The summed E-state index contributed by atoms with van der Waals surface area (Å²) in [6.45, 7) is 5.56. The lowest BCUT2D eigenvalue weighted by Crippen LogP contribution is -2.49. The summed E-state index contributed by atoms with van der Waals surface area (Å²) < 4.78 is 46.5. The number of alkyl halides is 3. The molecule has 1 fully saturated rings. The summed E-state index contributed by atoms with van der Waals surface area (Å²) in [7, 11) is 0. The number of hydrogen-bond donors (Lipinski definition) is 2. The van der Waals surface area contributed by atoms with Gasteiger partial charge in [-0.2, -0.15) is 13.2 Å². The average Bonchev–Trinajstić information content (AvgIpc) is 3.08. The molecule has 1 aliphatic rings. The minimum absolute atomic E-state index is 0.0838. The van der Waals surface area contributed by atoms with Crippen molar-refractivity contribution in [3.05, 3.63) is 31.3 Å². The Morgan fingerprint density at radius 3 is 2.32 bits per heavy atom. The molecule has 3 N–H and O–H groups in total. The van der Waals surface area contributed by atoms with Crippen LogP contribution in [0.15, 0.2) is 9.59 Å². The summed E-state index contributed by atoms with van der Waals surface area (Å²) in [5.74, 6) is 0. The first kappa shape index (κ1) is 28.5. The fourth-order valence-corrected chi connectivity index (χ4v) is 5.69. The number of amides is 3. The predicted octanol–water partition coefficient (Wildman–Crippen LogP) is 4.31. The van der Waals surface area contributed by atoms with E-state index in [2.05, 4.69) is 5.43 Å². The van der Waals surface area contributed by atoms with Gasteiger partial charge in [0.1, 0.15) is 10.4 Å². The molecule has 37 heavy (non-hydrogen) atoms. The van der Waals surface area contributed by atoms with Crippen LogP contribution in [0.4, 0.5) is 22.8 Å². The Kier molecular flexibility index (Phi) is 8.30. The number of nitrogens with two attached hydrogens (primary N) is 1. The van der Waals surface area contributed by atoms with E-state index in [1.54, 1.807) is 27.7 Å². The molecule has 1 saturated carbocycles. The van der Waals surface area contributed by atoms with Crippen molar-refractivity contribution in [1.82, 2.24) is 19.6 Å². The maximum atomic E-state index is 13.5. The van der Waals surface area contributed by atoms with Crippen LogP contribution >= 0.6 is 11.3 Å². The number of carbonyl (C=O) groups is 2. The minimum atomic E-state index is -4.51. The third-order valence-electron chi connectivity index (χ3n) is 6.09. The van der Waals surface area contributed by atoms with E-state index >= 15 is 0 Å². The SMILES string of the molecule is Cc1c(CN(NC(=O)OC(C)(C)C)C(N)=O)sc2c1c(=O)n(C1CCCCC1)c(=O)n2CCC(F)(F)F. The van der Waals surface area contributed by atoms with E-state index in [0.717, 1.165) is 44.7 Å². The molecular weight excluding hydrogens is 515 g/mol. The van der Waals surface area contributed by atoms with Crippen molar-refractivity contribution in [1.29, 1.82) is 0 Å². The lowest BCUT2D eigenvalue weighted by molar-refractivity contribution is -0.136. The van der Waals surface area contributed by atoms with Crippen molar-refractivity contribution < 1.29 is 27.5 Å². The summed E-state index contributed by atoms with van der Waals surface area (Å²) >= 11 is 0.911. The number of thiophene rings is 1. The zero-order valence-electron chi connectivity index (χ0n) is 21.2. The predicted molar refractivity (Wildman–Crippen MR) is 132 cm³/mol. The Morgan fingerprint density at radius 1 is 1.16 bits per heavy atom. The van der Waals surface area contributed by atoms with E-state index in [0.29, 0.717) is 23.3 Å². The molecule has 0 unspecified atom stereocenters. The molecule has 2 heterocycles. The van der Waals surface area contributed by atoms with Crippen LogP contribution in [0.25, 0.3) is 10.2 Å². The Bertz CT molecular complexity index is 1290. The molecular formula is C23H32F3N5O5S. The smallest absolute Gasteiger partial charge is 0.426 e. The van der Waals surface area contributed by atoms with Crippen LogP contribution in [0.5, 0.6) is 0 Å². The summed E-state index contributed by atoms with van der Waals surface area (Å²) in [5.41, 5.74) is 5.86. The third kappa shape index (κ3) is 6.84. The number of halogens is 3. The number of nitrogens with zero attached hydrogens (tertiary/aromatic N) is 3. The maximum Gasteiger partial charge on any atom is 0.426 e. The average molecular weight is 548 g/mol. The monoisotopic (exact) mass is 547 g/mol. The number of nitrogens with one attached hydrogen (secondary N) is 1. The van der Waals surface area contributed by atoms with Gasteiger partial charge in [-0.25, -0.2) is 24.8 Å². The number of aromatic nitrogens is 2. The van der Waals surface area contributed by atoms with E-state index in [1.165, 1.54) is 0 Å². The molecule has 0 radical (unpaired) electrons. The molecule has 10 nitrogen and oxygen atoms in total. The zero-order chi connectivity index (χ0) is 27.7. The molecule has 0 aromatic carbocycles. The van der Waals surface area contributed by atoms with Crippen molar-refractivity contribution >= 4 is 33.7 Å². The van der Waals surface area contributed by atoms with E-state index in [-0.39, 0.29) is 16.8 Å². The number of hydrazine groups is 1. The first-order valence-electron chi connectivity index (χ1n) is 12.0. The van der Waals surface area contributed by atoms with Crippen molar-refractivity contribution in [2.45, 2.75) is 97.1 Å². The molecule has 3 rings (SSSR count). The molecule has 0 spiro atoms. The quantitative estimate of drug-likeness (QED) is 0.539. The molecule has 0 aliphatic heterocycles. The van der Waals surface area contributed by atoms with E-state index in [4.69, 9.17) is 10.5 Å². The highest BCUT2D eigenvalue weighted by Crippen LogP contribution is 2.32. The molecule has 2 aromatic heterocycles. The van der Waals surface area contributed by atoms with Crippen molar-refractivity contribution in [3.63, 3.8) is 0 Å². The standard InChI is InChI=1S/C23H32F3N5O5S/c1-13-15(12-30(19(27)33)28-20(34)36-22(2,3)4)37-18-16(13)17(32)31(14-8-6-5-7-9-14)21(35)29(18)11-10-23(24,25)26/h14H,5-12H2,1-4H3,(H2,27,33)(H,28,34). The van der Waals surface area contributed by atoms with Crippen molar-refractivity contribution in [3.8, 4) is 0 Å². The number of rotatable bonds is 5. The number of ether oxygens (including phenoxy) is 1. The van der Waals surface area contributed by atoms with Gasteiger partial charge in [-0.15, -0.1) is 11.3 Å². The van der Waals surface area contributed by atoms with E-state index in [9.17, 15) is 32.3 Å². The molecule has 3 amide bonds. The number of hydrogen-bond acceptors (Lipinski definition) is 6. The van der Waals surface area contributed by atoms with Gasteiger partial charge in [0.05, 0.1) is 18.4 Å². The van der Waals surface area contributed by atoms with Gasteiger partial charge < -0.3 is 10.5 Å². The number of urea groups is 1. The lowest BCUT2D eigenvalue weighted by atomic mass is 9.95. The van der Waals surface area contributed by atoms with Gasteiger partial charge in [-0.3, -0.25) is 13.9 Å². The Balaban J connectivity index is 2.10. The second kappa shape index (κ2) is 10.8. The van der Waals surface area contributed by atoms with Gasteiger partial charge >= 0.3 is 24.0 Å². The van der Waals surface area contributed by atoms with Crippen LogP contribution in [0.1, 0.15) is 75.8 Å². The Labute approximate surface area is 215 Å². The third-order valence-corrected chi connectivity index (χ3v) is 7.39. The summed E-state index contributed by atoms with van der Waals surface area (Å²) in [4.78, 5) is 51.6. The second-order valence-electron chi connectivity index (χ2n) is 10.1. The second-order valence-corrected chi connectivity index (χ2v) is 11.2. The number of fused-ring (bicyclic) bond motifs is 1. The molecule has 2 aromatic rings. The van der Waals surface area contributed by atoms with Gasteiger partial charge in [-0.05, 0) is 46.1 Å². The molecule has 0 atom stereocenters. The van der Waals surface area contributed by atoms with Gasteiger partial charge in [-0.1, -0.05) is 19.3 Å². The Hall–Kier alpha value is -3.03. The number of carbonyl (C=O) groups excluding carboxylic acids is 2. The van der Waals surface area contributed by atoms with Crippen molar-refractivity contribution in [2.75, 3.05) is 0 Å². The summed E-state index contributed by atoms with van der Waals surface area (Å²) in [6.07, 6.45) is -2.92. The van der Waals surface area contributed by atoms with Gasteiger partial charge in [0.25, 0.3) is 5.56 Å². The molecule has 206 valence electrons. The first-order valence-corrected chi connectivity index (χ1v) is 12.8. The van der Waals surface area contributed by atoms with Gasteiger partial charge in [0, 0.05) is 17.5 Å². The van der Waals surface area contributed by atoms with Crippen LogP contribution < -0.4 is 22.4 Å². The lowest BCUT2D eigenvalue weighted by Gasteiger charge is -2.24. The normalized spacial score (nSPS) is 15.1. The fourth-order valence-electron chi connectivity index (χ4n) is 4.39. The first-order chi connectivity index (χ1) is 17.1. The van der Waals surface area contributed by atoms with Crippen LogP contribution in [0.3, 0.4) is 0 Å². The highest BCUT2D eigenvalue weighted by Gasteiger charge is 2.31. The van der Waals surface area contributed by atoms with Gasteiger partial charge in [0.2, 0.25) is 0 Å². The summed E-state index contributed by atoms with van der Waals surface area (Å²) in [5, 5.41) is 0.901. The van der Waals surface area contributed by atoms with Crippen LogP contribution in [0, 0.1) is 6.92 Å². The molecule has 0 saturated heterocycles. The fraction of sp³-hybridized carbons (Fsp3) is 0.652. The van der Waals surface area contributed by atoms with Crippen LogP contribution in [-0.4, -0.2) is 38.0 Å². The summed E-state index contributed by atoms with van der Waals surface area (Å²) in [6, 6.07) is -1.41. The molecule has 0 bridgehead atoms. The zero-order valence-corrected chi connectivity index (χ0v) is 22.1. The molecule has 1 aliphatic carbocycles. The van der Waals surface area contributed by atoms with E-state index < -0.39 is 54.2 Å². The Morgan fingerprint density at radius 2 is 1.78 bits per heavy atom. The van der Waals surface area contributed by atoms with E-state index in [1.807, 2.05) is 0 Å².